The van der Waals surface area contributed by atoms with Crippen molar-refractivity contribution in [3.05, 3.63) is 89.4 Å². The molecule has 0 aliphatic heterocycles. The zero-order valence-corrected chi connectivity index (χ0v) is 15.0. The van der Waals surface area contributed by atoms with Crippen LogP contribution in [0.3, 0.4) is 0 Å². The van der Waals surface area contributed by atoms with E-state index < -0.39 is 0 Å². The second kappa shape index (κ2) is 7.51. The van der Waals surface area contributed by atoms with Gasteiger partial charge in [0, 0.05) is 29.2 Å². The molecule has 4 rings (SSSR count). The number of rotatable bonds is 5. The van der Waals surface area contributed by atoms with E-state index in [9.17, 15) is 9.18 Å². The summed E-state index contributed by atoms with van der Waals surface area (Å²) in [5, 5.41) is 9.53. The van der Waals surface area contributed by atoms with E-state index in [-0.39, 0.29) is 11.7 Å². The summed E-state index contributed by atoms with van der Waals surface area (Å²) in [6.45, 7) is 0.356. The number of hydrogen-bond acceptors (Lipinski definition) is 4. The lowest BCUT2D eigenvalue weighted by Crippen LogP contribution is -2.22. The minimum Gasteiger partial charge on any atom is -0.346 e. The fraction of sp³-hybridized carbons (Fsp3) is 0.0500. The van der Waals surface area contributed by atoms with Gasteiger partial charge in [-0.1, -0.05) is 18.2 Å². The minimum absolute atomic E-state index is 0.257. The fourth-order valence-electron chi connectivity index (χ4n) is 2.55. The monoisotopic (exact) mass is 378 g/mol. The molecule has 0 bridgehead atoms. The topological polar surface area (TPSA) is 59.8 Å². The number of nitrogens with zero attached hydrogens (tertiary/aromatic N) is 3. The Morgan fingerprint density at radius 3 is 2.67 bits per heavy atom. The van der Waals surface area contributed by atoms with Crippen LogP contribution in [0.5, 0.6) is 0 Å². The predicted molar refractivity (Wildman–Crippen MR) is 102 cm³/mol. The van der Waals surface area contributed by atoms with Gasteiger partial charge in [-0.15, -0.1) is 11.3 Å². The quantitative estimate of drug-likeness (QED) is 0.570. The number of halogens is 1. The van der Waals surface area contributed by atoms with Crippen LogP contribution in [0.2, 0.25) is 0 Å². The summed E-state index contributed by atoms with van der Waals surface area (Å²) in [6.07, 6.45) is 3.60. The van der Waals surface area contributed by atoms with Gasteiger partial charge in [-0.25, -0.2) is 14.1 Å². The number of hydrogen-bond donors (Lipinski definition) is 1. The molecule has 0 spiro atoms. The predicted octanol–water partition coefficient (Wildman–Crippen LogP) is 4.06. The van der Waals surface area contributed by atoms with Gasteiger partial charge in [0.05, 0.1) is 11.9 Å². The van der Waals surface area contributed by atoms with Crippen LogP contribution in [0, 0.1) is 5.82 Å². The molecule has 0 radical (unpaired) electrons. The van der Waals surface area contributed by atoms with Gasteiger partial charge in [0.15, 0.2) is 0 Å². The average Bonchev–Trinajstić information content (AvgIpc) is 3.37. The van der Waals surface area contributed by atoms with Crippen molar-refractivity contribution in [2.45, 2.75) is 6.54 Å². The van der Waals surface area contributed by atoms with Crippen LogP contribution in [-0.2, 0) is 6.54 Å². The lowest BCUT2D eigenvalue weighted by atomic mass is 10.2. The van der Waals surface area contributed by atoms with Crippen LogP contribution in [0.4, 0.5) is 4.39 Å². The molecule has 0 saturated heterocycles. The molecule has 0 aliphatic rings. The summed E-state index contributed by atoms with van der Waals surface area (Å²) >= 11 is 1.35. The largest absolute Gasteiger partial charge is 0.346 e. The Morgan fingerprint density at radius 1 is 1.11 bits per heavy atom. The summed E-state index contributed by atoms with van der Waals surface area (Å²) in [5.74, 6) is -0.559. The van der Waals surface area contributed by atoms with Crippen LogP contribution in [0.25, 0.3) is 16.3 Å². The second-order valence-electron chi connectivity index (χ2n) is 5.86. The van der Waals surface area contributed by atoms with Gasteiger partial charge in [0.25, 0.3) is 5.91 Å². The molecule has 0 aliphatic carbocycles. The third kappa shape index (κ3) is 3.93. The molecule has 0 unspecified atom stereocenters. The van der Waals surface area contributed by atoms with Crippen molar-refractivity contribution in [3.8, 4) is 16.3 Å². The maximum atomic E-state index is 13.0. The van der Waals surface area contributed by atoms with E-state index >= 15 is 0 Å². The van der Waals surface area contributed by atoms with Gasteiger partial charge in [-0.05, 0) is 36.4 Å². The summed E-state index contributed by atoms with van der Waals surface area (Å²) in [6, 6.07) is 15.8. The highest BCUT2D eigenvalue weighted by atomic mass is 32.1. The summed E-state index contributed by atoms with van der Waals surface area (Å²) in [7, 11) is 0. The molecule has 5 nitrogen and oxygen atoms in total. The number of para-hydroxylation sites is 1. The van der Waals surface area contributed by atoms with E-state index in [1.807, 2.05) is 36.5 Å². The normalized spacial score (nSPS) is 10.7. The Bertz CT molecular complexity index is 1060. The second-order valence-corrected chi connectivity index (χ2v) is 6.71. The molecule has 27 heavy (non-hydrogen) atoms. The van der Waals surface area contributed by atoms with Crippen molar-refractivity contribution < 1.29 is 9.18 Å². The first-order valence-corrected chi connectivity index (χ1v) is 9.15. The fourth-order valence-corrected chi connectivity index (χ4v) is 3.36. The first-order chi connectivity index (χ1) is 13.2. The number of carbonyl (C=O) groups excluding carboxylic acids is 1. The van der Waals surface area contributed by atoms with Crippen molar-refractivity contribution in [1.29, 1.82) is 0 Å². The van der Waals surface area contributed by atoms with E-state index in [1.165, 1.54) is 23.5 Å². The zero-order chi connectivity index (χ0) is 18.6. The third-order valence-corrected chi connectivity index (χ3v) is 4.83. The molecule has 2 aromatic carbocycles. The maximum absolute atomic E-state index is 13.0. The van der Waals surface area contributed by atoms with Gasteiger partial charge in [0.2, 0.25) is 0 Å². The van der Waals surface area contributed by atoms with E-state index in [0.29, 0.717) is 17.2 Å². The Morgan fingerprint density at radius 2 is 1.89 bits per heavy atom. The third-order valence-electron chi connectivity index (χ3n) is 3.94. The van der Waals surface area contributed by atoms with Gasteiger partial charge in [0.1, 0.15) is 16.5 Å². The molecule has 2 heterocycles. The lowest BCUT2D eigenvalue weighted by Gasteiger charge is -2.01. The molecule has 134 valence electrons. The highest BCUT2D eigenvalue weighted by Crippen LogP contribution is 2.23. The van der Waals surface area contributed by atoms with Gasteiger partial charge >= 0.3 is 0 Å². The van der Waals surface area contributed by atoms with Gasteiger partial charge in [-0.3, -0.25) is 4.79 Å². The summed E-state index contributed by atoms with van der Waals surface area (Å²) in [4.78, 5) is 16.7. The van der Waals surface area contributed by atoms with Crippen LogP contribution in [-0.4, -0.2) is 20.7 Å². The molecule has 2 aromatic heterocycles. The van der Waals surface area contributed by atoms with Gasteiger partial charge < -0.3 is 5.32 Å². The smallest absolute Gasteiger partial charge is 0.271 e. The highest BCUT2D eigenvalue weighted by molar-refractivity contribution is 7.13. The number of benzene rings is 2. The van der Waals surface area contributed by atoms with E-state index in [4.69, 9.17) is 0 Å². The van der Waals surface area contributed by atoms with Crippen LogP contribution < -0.4 is 5.32 Å². The van der Waals surface area contributed by atoms with Crippen LogP contribution in [0.1, 0.15) is 16.1 Å². The van der Waals surface area contributed by atoms with Crippen molar-refractivity contribution in [1.82, 2.24) is 20.1 Å². The first-order valence-electron chi connectivity index (χ1n) is 8.28. The Hall–Kier alpha value is -3.32. The van der Waals surface area contributed by atoms with Crippen LogP contribution in [0.15, 0.2) is 72.4 Å². The highest BCUT2D eigenvalue weighted by Gasteiger charge is 2.12. The minimum atomic E-state index is -0.302. The standard InChI is InChI=1S/C20H15FN4OS/c21-16-8-6-15(7-9-16)20-24-18(13-27-20)19(26)22-10-14-11-23-25(12-14)17-4-2-1-3-5-17/h1-9,11-13H,10H2,(H,22,26). The Kier molecular flexibility index (Phi) is 4.76. The zero-order valence-electron chi connectivity index (χ0n) is 14.2. The van der Waals surface area contributed by atoms with Crippen molar-refractivity contribution in [2.75, 3.05) is 0 Å². The Balaban J connectivity index is 1.40. The molecule has 1 N–H and O–H groups in total. The molecule has 0 atom stereocenters. The number of aromatic nitrogens is 3. The maximum Gasteiger partial charge on any atom is 0.271 e. The van der Waals surface area contributed by atoms with E-state index in [1.54, 1.807) is 28.4 Å². The number of thiazole rings is 1. The molecule has 4 aromatic rings. The van der Waals surface area contributed by atoms with E-state index in [0.717, 1.165) is 16.8 Å². The molecule has 0 saturated carbocycles. The molecular weight excluding hydrogens is 363 g/mol. The summed E-state index contributed by atoms with van der Waals surface area (Å²) in [5.41, 5.74) is 2.97. The first kappa shape index (κ1) is 17.1. The van der Waals surface area contributed by atoms with Crippen molar-refractivity contribution >= 4 is 17.2 Å². The van der Waals surface area contributed by atoms with Gasteiger partial charge in [-0.2, -0.15) is 5.10 Å². The van der Waals surface area contributed by atoms with E-state index in [2.05, 4.69) is 15.4 Å². The number of carbonyl (C=O) groups is 1. The molecule has 0 fully saturated rings. The lowest BCUT2D eigenvalue weighted by molar-refractivity contribution is 0.0946. The number of amides is 1. The Labute approximate surface area is 159 Å². The van der Waals surface area contributed by atoms with Crippen molar-refractivity contribution in [3.63, 3.8) is 0 Å². The molecule has 7 heteroatoms. The molecule has 1 amide bonds. The van der Waals surface area contributed by atoms with Crippen molar-refractivity contribution in [2.24, 2.45) is 0 Å². The molecular formula is C20H15FN4OS. The average molecular weight is 378 g/mol. The number of nitrogens with one attached hydrogen (secondary N) is 1. The summed E-state index contributed by atoms with van der Waals surface area (Å²) < 4.78 is 14.8. The van der Waals surface area contributed by atoms with Crippen LogP contribution >= 0.6 is 11.3 Å². The SMILES string of the molecule is O=C(NCc1cnn(-c2ccccc2)c1)c1csc(-c2ccc(F)cc2)n1.